The molecule has 1 aromatic heterocycles. The number of para-hydroxylation sites is 1. The number of carboxylic acids is 1. The minimum Gasteiger partial charge on any atom is -0.481 e. The van der Waals surface area contributed by atoms with Crippen LogP contribution in [0, 0.1) is 23.7 Å². The van der Waals surface area contributed by atoms with Crippen molar-refractivity contribution in [3.8, 4) is 0 Å². The number of likely N-dealkylation sites (tertiary alicyclic amines) is 1. The summed E-state index contributed by atoms with van der Waals surface area (Å²) in [4.78, 5) is 143. The fraction of sp³-hybridized carbons (Fsp3) is 0.565. The Labute approximate surface area is 557 Å². The fourth-order valence-corrected chi connectivity index (χ4v) is 12.3. The number of carboxylic acid groups (broad SMARTS) is 1. The van der Waals surface area contributed by atoms with Gasteiger partial charge in [-0.3, -0.25) is 43.3 Å². The highest BCUT2D eigenvalue weighted by atomic mass is 16.6. The van der Waals surface area contributed by atoms with Crippen LogP contribution < -0.4 is 37.6 Å². The van der Waals surface area contributed by atoms with E-state index in [1.54, 1.807) is 101 Å². The monoisotopic (exact) mass is 1320 g/mol. The van der Waals surface area contributed by atoms with Gasteiger partial charge in [-0.15, -0.1) is 0 Å². The molecule has 10 amide bonds. The molecule has 5 rings (SSSR count). The Hall–Kier alpha value is -8.62. The number of anilines is 1. The number of ether oxygens (including phenoxy) is 3. The smallest absolute Gasteiger partial charge is 0.410 e. The molecule has 95 heavy (non-hydrogen) atoms. The van der Waals surface area contributed by atoms with Crippen LogP contribution in [-0.4, -0.2) is 185 Å². The number of primary amides is 1. The zero-order chi connectivity index (χ0) is 70.2. The van der Waals surface area contributed by atoms with Crippen LogP contribution in [0.1, 0.15) is 136 Å². The molecule has 0 aliphatic carbocycles. The van der Waals surface area contributed by atoms with E-state index in [1.165, 1.54) is 26.2 Å². The van der Waals surface area contributed by atoms with Gasteiger partial charge in [-0.25, -0.2) is 9.59 Å². The molecule has 522 valence electrons. The number of nitrogens with two attached hydrogens (primary N) is 1. The lowest BCUT2D eigenvalue weighted by Crippen LogP contribution is -2.60. The Morgan fingerprint density at radius 2 is 1.42 bits per heavy atom. The number of carbonyl (C=O) groups is 10. The standard InChI is InChI=1S/C69H101N11O15/c1-13-42(6)60(54(93-11)37-56(82)80-35-21-27-53(80)62(94-12)43(7)63(86)73-44(8)61(85)46-22-15-14-16-23-46)78(9)67(90)58(40(2)3)77-66(89)59(41(4)5)79(10)69(92)95-39-45-30-32-48(33-31-45)74-64(87)51(26-20-34-71-68(70)91)76-65(88)52(75-55(81)28-19-29-57(83)84)36-47-38-72-50-25-18-17-24-49(47)50/h14-18,22-25,30-33,38,40-44,51-54,58-62,72,85H,13,19-21,26-29,34-37,39H2,1-12H3,(H,73,86)(H,74,87)(H,75,81)(H,76,88)(H,77,89)(H,83,84)(H3,70,71,91)/t42-,43+,44+,51-,52-,53-,54+,58-,59-,60-,61+,62+/m0/s1. The summed E-state index contributed by atoms with van der Waals surface area (Å²) in [5.74, 6) is -6.29. The number of likely N-dealkylation sites (N-methyl/N-ethyl adjacent to an activating group) is 2. The number of fused-ring (bicyclic) bond motifs is 1. The van der Waals surface area contributed by atoms with Crippen LogP contribution >= 0.6 is 0 Å². The minimum absolute atomic E-state index is 0.0282. The van der Waals surface area contributed by atoms with Crippen molar-refractivity contribution in [3.63, 3.8) is 0 Å². The molecule has 26 heteroatoms. The van der Waals surface area contributed by atoms with E-state index in [4.69, 9.17) is 25.1 Å². The molecule has 12 atom stereocenters. The van der Waals surface area contributed by atoms with E-state index in [9.17, 15) is 53.1 Å². The SMILES string of the molecule is CC[C@H](C)[C@@H]([C@@H](CC(=O)N1CCC[C@H]1[C@H](OC)[C@@H](C)C(=O)N[C@H](C)[C@@H](O)c1ccccc1)OC)N(C)C(=O)[C@@H](NC(=O)[C@H](C(C)C)N(C)C(=O)OCc1ccc(NC(=O)[C@H](CCCNC(N)=O)NC(=O)[C@H](Cc2c[nH]c3ccccc23)NC(=O)CCCC(=O)O)cc1)C(C)C. The van der Waals surface area contributed by atoms with Crippen LogP contribution in [0.5, 0.6) is 0 Å². The van der Waals surface area contributed by atoms with Crippen molar-refractivity contribution in [1.29, 1.82) is 0 Å². The summed E-state index contributed by atoms with van der Waals surface area (Å²) in [5, 5.41) is 37.5. The second-order valence-corrected chi connectivity index (χ2v) is 25.4. The van der Waals surface area contributed by atoms with Crippen LogP contribution in [0.4, 0.5) is 15.3 Å². The number of aliphatic carboxylic acids is 1. The van der Waals surface area contributed by atoms with Crippen molar-refractivity contribution >= 4 is 76.0 Å². The zero-order valence-corrected chi connectivity index (χ0v) is 57.0. The van der Waals surface area contributed by atoms with Gasteiger partial charge in [0.1, 0.15) is 30.8 Å². The van der Waals surface area contributed by atoms with Gasteiger partial charge in [-0.05, 0) is 91.7 Å². The molecule has 1 aliphatic rings. The summed E-state index contributed by atoms with van der Waals surface area (Å²) in [7, 11) is 6.07. The number of amides is 10. The second kappa shape index (κ2) is 37.5. The lowest BCUT2D eigenvalue weighted by atomic mass is 9.89. The van der Waals surface area contributed by atoms with Gasteiger partial charge in [0.25, 0.3) is 0 Å². The minimum atomic E-state index is -1.18. The number of aromatic nitrogens is 1. The third kappa shape index (κ3) is 22.2. The molecule has 0 radical (unpaired) electrons. The Bertz CT molecular complexity index is 3200. The van der Waals surface area contributed by atoms with Crippen molar-refractivity contribution in [3.05, 3.63) is 102 Å². The molecule has 1 saturated heterocycles. The quantitative estimate of drug-likeness (QED) is 0.0235. The first-order valence-electron chi connectivity index (χ1n) is 32.8. The summed E-state index contributed by atoms with van der Waals surface area (Å²) in [5.41, 5.74) is 8.27. The summed E-state index contributed by atoms with van der Waals surface area (Å²) in [6.07, 6.45) is 0.197. The predicted octanol–water partition coefficient (Wildman–Crippen LogP) is 5.91. The van der Waals surface area contributed by atoms with Gasteiger partial charge in [0.05, 0.1) is 48.8 Å². The highest BCUT2D eigenvalue weighted by molar-refractivity contribution is 5.99. The lowest BCUT2D eigenvalue weighted by Gasteiger charge is -2.41. The Morgan fingerprint density at radius 3 is 2.04 bits per heavy atom. The maximum absolute atomic E-state index is 14.8. The first-order chi connectivity index (χ1) is 45.1. The Kier molecular flexibility index (Phi) is 30.4. The zero-order valence-electron chi connectivity index (χ0n) is 57.0. The summed E-state index contributed by atoms with van der Waals surface area (Å²) in [6.45, 7) is 14.8. The molecule has 3 aromatic carbocycles. The average molecular weight is 1320 g/mol. The summed E-state index contributed by atoms with van der Waals surface area (Å²) in [6, 6.07) is 15.8. The number of H-pyrrole nitrogens is 1. The normalized spacial score (nSPS) is 16.5. The fourth-order valence-electron chi connectivity index (χ4n) is 12.3. The van der Waals surface area contributed by atoms with Crippen LogP contribution in [0.2, 0.25) is 0 Å². The highest BCUT2D eigenvalue weighted by Gasteiger charge is 2.44. The molecule has 11 N–H and O–H groups in total. The van der Waals surface area contributed by atoms with Gasteiger partial charge in [0.15, 0.2) is 0 Å². The van der Waals surface area contributed by atoms with Crippen molar-refractivity contribution in [2.45, 2.75) is 187 Å². The number of aliphatic hydroxyl groups excluding tert-OH is 1. The van der Waals surface area contributed by atoms with Crippen molar-refractivity contribution < 1.29 is 72.4 Å². The summed E-state index contributed by atoms with van der Waals surface area (Å²) < 4.78 is 17.8. The molecular formula is C69H101N11O15. The maximum atomic E-state index is 14.8. The third-order valence-corrected chi connectivity index (χ3v) is 17.8. The maximum Gasteiger partial charge on any atom is 0.410 e. The van der Waals surface area contributed by atoms with Crippen LogP contribution in [0.25, 0.3) is 10.9 Å². The van der Waals surface area contributed by atoms with Crippen molar-refractivity contribution in [2.75, 3.05) is 46.7 Å². The molecule has 0 spiro atoms. The van der Waals surface area contributed by atoms with E-state index in [2.05, 4.69) is 36.9 Å². The van der Waals surface area contributed by atoms with Crippen LogP contribution in [0.3, 0.4) is 0 Å². The highest BCUT2D eigenvalue weighted by Crippen LogP contribution is 2.31. The molecule has 4 aromatic rings. The van der Waals surface area contributed by atoms with E-state index in [-0.39, 0.29) is 75.8 Å². The van der Waals surface area contributed by atoms with E-state index < -0.39 is 126 Å². The first kappa shape index (κ1) is 77.1. The van der Waals surface area contributed by atoms with E-state index in [0.29, 0.717) is 48.2 Å². The molecule has 1 aliphatic heterocycles. The molecule has 0 unspecified atom stereocenters. The number of hydrogen-bond acceptors (Lipinski definition) is 14. The molecule has 0 saturated carbocycles. The van der Waals surface area contributed by atoms with Gasteiger partial charge in [0, 0.05) is 83.5 Å². The van der Waals surface area contributed by atoms with Gasteiger partial charge in [0.2, 0.25) is 41.4 Å². The number of urea groups is 1. The summed E-state index contributed by atoms with van der Waals surface area (Å²) >= 11 is 0. The number of aliphatic hydroxyl groups is 1. The lowest BCUT2D eigenvalue weighted by molar-refractivity contribution is -0.148. The topological polar surface area (TPSA) is 363 Å². The van der Waals surface area contributed by atoms with Gasteiger partial charge in [-0.1, -0.05) is 116 Å². The number of nitrogens with one attached hydrogen (secondary N) is 7. The predicted molar refractivity (Wildman–Crippen MR) is 358 cm³/mol. The number of hydrogen-bond donors (Lipinski definition) is 10. The number of nitrogens with zero attached hydrogens (tertiary/aromatic N) is 3. The van der Waals surface area contributed by atoms with E-state index in [0.717, 1.165) is 10.9 Å². The van der Waals surface area contributed by atoms with Gasteiger partial charge in [-0.2, -0.15) is 0 Å². The molecule has 0 bridgehead atoms. The van der Waals surface area contributed by atoms with Crippen LogP contribution in [-0.2, 0) is 65.6 Å². The second-order valence-electron chi connectivity index (χ2n) is 25.4. The molecule has 26 nitrogen and oxygen atoms in total. The van der Waals surface area contributed by atoms with Crippen molar-refractivity contribution in [2.24, 2.45) is 29.4 Å². The van der Waals surface area contributed by atoms with E-state index >= 15 is 0 Å². The van der Waals surface area contributed by atoms with Gasteiger partial charge >= 0.3 is 18.1 Å². The number of methoxy groups -OCH3 is 2. The largest absolute Gasteiger partial charge is 0.481 e. The molecular weight excluding hydrogens is 1220 g/mol. The number of aromatic amines is 1. The molecule has 1 fully saturated rings. The Balaban J connectivity index is 1.22. The first-order valence-corrected chi connectivity index (χ1v) is 32.8. The van der Waals surface area contributed by atoms with Gasteiger partial charge < -0.3 is 76.8 Å². The Morgan fingerprint density at radius 1 is 0.747 bits per heavy atom. The van der Waals surface area contributed by atoms with E-state index in [1.807, 2.05) is 56.3 Å². The third-order valence-electron chi connectivity index (χ3n) is 17.8. The number of carbonyl (C=O) groups excluding carboxylic acids is 9. The number of rotatable bonds is 37. The van der Waals surface area contributed by atoms with Crippen LogP contribution in [0.15, 0.2) is 85.1 Å². The van der Waals surface area contributed by atoms with Crippen molar-refractivity contribution in [1.82, 2.24) is 46.3 Å². The molecule has 2 heterocycles. The average Bonchev–Trinajstić information content (AvgIpc) is 1.79. The number of benzene rings is 3.